The van der Waals surface area contributed by atoms with Crippen LogP contribution in [0.3, 0.4) is 0 Å². The quantitative estimate of drug-likeness (QED) is 0.824. The Hall–Kier alpha value is -1.02. The highest BCUT2D eigenvalue weighted by Gasteiger charge is 2.13. The van der Waals surface area contributed by atoms with E-state index in [9.17, 15) is 0 Å². The molecule has 1 aromatic rings. The molecule has 0 saturated carbocycles. The van der Waals surface area contributed by atoms with E-state index in [2.05, 4.69) is 58.1 Å². The lowest BCUT2D eigenvalue weighted by Crippen LogP contribution is -2.27. The van der Waals surface area contributed by atoms with Crippen molar-refractivity contribution in [3.63, 3.8) is 0 Å². The van der Waals surface area contributed by atoms with Crippen molar-refractivity contribution in [2.45, 2.75) is 40.7 Å². The molecule has 2 unspecified atom stereocenters. The topological polar surface area (TPSA) is 21.3 Å². The van der Waals surface area contributed by atoms with Crippen molar-refractivity contribution in [1.29, 1.82) is 0 Å². The van der Waals surface area contributed by atoms with Crippen molar-refractivity contribution in [2.24, 2.45) is 11.8 Å². The van der Waals surface area contributed by atoms with Crippen LogP contribution in [0.15, 0.2) is 18.2 Å². The van der Waals surface area contributed by atoms with Crippen molar-refractivity contribution in [3.8, 4) is 5.75 Å². The highest BCUT2D eigenvalue weighted by atomic mass is 16.5. The van der Waals surface area contributed by atoms with Crippen molar-refractivity contribution in [3.05, 3.63) is 29.3 Å². The molecule has 2 heteroatoms. The number of hydrogen-bond donors (Lipinski definition) is 1. The fourth-order valence-electron chi connectivity index (χ4n) is 1.90. The van der Waals surface area contributed by atoms with Gasteiger partial charge in [-0.3, -0.25) is 0 Å². The van der Waals surface area contributed by atoms with Gasteiger partial charge in [0.15, 0.2) is 0 Å². The Balaban J connectivity index is 2.71. The van der Waals surface area contributed by atoms with Gasteiger partial charge in [-0.15, -0.1) is 0 Å². The molecule has 2 nitrogen and oxygen atoms in total. The zero-order chi connectivity index (χ0) is 13.7. The first kappa shape index (κ1) is 15.0. The molecule has 102 valence electrons. The summed E-state index contributed by atoms with van der Waals surface area (Å²) in [5.74, 6) is 2.37. The van der Waals surface area contributed by atoms with Gasteiger partial charge in [-0.25, -0.2) is 0 Å². The molecule has 1 N–H and O–H groups in total. The van der Waals surface area contributed by atoms with Crippen LogP contribution in [-0.2, 0) is 0 Å². The molecule has 1 rings (SSSR count). The molecule has 0 aliphatic carbocycles. The van der Waals surface area contributed by atoms with Gasteiger partial charge >= 0.3 is 0 Å². The minimum Gasteiger partial charge on any atom is -0.496 e. The molecule has 0 aliphatic rings. The van der Waals surface area contributed by atoms with Gasteiger partial charge in [0.1, 0.15) is 5.75 Å². The molecule has 0 fully saturated rings. The SMILES string of the molecule is COc1ccc(C)cc1C(C)NCC(C)C(C)C. The third kappa shape index (κ3) is 4.02. The maximum Gasteiger partial charge on any atom is 0.123 e. The van der Waals surface area contributed by atoms with E-state index < -0.39 is 0 Å². The second-order valence-corrected chi connectivity index (χ2v) is 5.60. The highest BCUT2D eigenvalue weighted by molar-refractivity contribution is 5.38. The summed E-state index contributed by atoms with van der Waals surface area (Å²) in [5, 5.41) is 3.60. The zero-order valence-electron chi connectivity index (χ0n) is 12.6. The normalized spacial score (nSPS) is 14.6. The zero-order valence-corrected chi connectivity index (χ0v) is 12.6. The van der Waals surface area contributed by atoms with Crippen molar-refractivity contribution in [2.75, 3.05) is 13.7 Å². The summed E-state index contributed by atoms with van der Waals surface area (Å²) in [4.78, 5) is 0. The van der Waals surface area contributed by atoms with E-state index in [-0.39, 0.29) is 0 Å². The van der Waals surface area contributed by atoms with E-state index in [0.29, 0.717) is 17.9 Å². The van der Waals surface area contributed by atoms with Crippen LogP contribution in [0.1, 0.15) is 44.9 Å². The first-order valence-corrected chi connectivity index (χ1v) is 6.83. The maximum atomic E-state index is 5.44. The third-order valence-electron chi connectivity index (χ3n) is 3.74. The Morgan fingerprint density at radius 2 is 1.83 bits per heavy atom. The second-order valence-electron chi connectivity index (χ2n) is 5.60. The summed E-state index contributed by atoms with van der Waals surface area (Å²) in [7, 11) is 1.73. The average molecular weight is 249 g/mol. The van der Waals surface area contributed by atoms with E-state index in [1.807, 2.05) is 0 Å². The van der Waals surface area contributed by atoms with Gasteiger partial charge in [-0.1, -0.05) is 38.5 Å². The molecule has 0 amide bonds. The van der Waals surface area contributed by atoms with Gasteiger partial charge < -0.3 is 10.1 Å². The van der Waals surface area contributed by atoms with Crippen LogP contribution < -0.4 is 10.1 Å². The smallest absolute Gasteiger partial charge is 0.123 e. The number of aryl methyl sites for hydroxylation is 1. The monoisotopic (exact) mass is 249 g/mol. The fraction of sp³-hybridized carbons (Fsp3) is 0.625. The second kappa shape index (κ2) is 6.79. The standard InChI is InChI=1S/C16H27NO/c1-11(2)13(4)10-17-14(5)15-9-12(3)7-8-16(15)18-6/h7-9,11,13-14,17H,10H2,1-6H3. The molecular formula is C16H27NO. The van der Waals surface area contributed by atoms with Gasteiger partial charge in [-0.2, -0.15) is 0 Å². The number of methoxy groups -OCH3 is 1. The number of nitrogens with one attached hydrogen (secondary N) is 1. The predicted octanol–water partition coefficient (Wildman–Crippen LogP) is 3.95. The van der Waals surface area contributed by atoms with Crippen LogP contribution >= 0.6 is 0 Å². The largest absolute Gasteiger partial charge is 0.496 e. The highest BCUT2D eigenvalue weighted by Crippen LogP contribution is 2.26. The predicted molar refractivity (Wildman–Crippen MR) is 78.2 cm³/mol. The van der Waals surface area contributed by atoms with Gasteiger partial charge in [0.05, 0.1) is 7.11 Å². The minimum atomic E-state index is 0.320. The Morgan fingerprint density at radius 1 is 1.17 bits per heavy atom. The van der Waals surface area contributed by atoms with Gasteiger partial charge in [0.25, 0.3) is 0 Å². The van der Waals surface area contributed by atoms with Crippen molar-refractivity contribution >= 4 is 0 Å². The molecule has 18 heavy (non-hydrogen) atoms. The number of benzene rings is 1. The Morgan fingerprint density at radius 3 is 2.39 bits per heavy atom. The Labute approximate surface area is 112 Å². The van der Waals surface area contributed by atoms with Crippen LogP contribution in [0.25, 0.3) is 0 Å². The van der Waals surface area contributed by atoms with Gasteiger partial charge in [-0.05, 0) is 38.3 Å². The lowest BCUT2D eigenvalue weighted by molar-refractivity contribution is 0.366. The van der Waals surface area contributed by atoms with Crippen molar-refractivity contribution < 1.29 is 4.74 Å². The number of rotatable bonds is 6. The summed E-state index contributed by atoms with van der Waals surface area (Å²) in [6.07, 6.45) is 0. The lowest BCUT2D eigenvalue weighted by atomic mass is 9.97. The van der Waals surface area contributed by atoms with Crippen LogP contribution in [0.4, 0.5) is 0 Å². The summed E-state index contributed by atoms with van der Waals surface area (Å²) < 4.78 is 5.44. The van der Waals surface area contributed by atoms with Crippen molar-refractivity contribution in [1.82, 2.24) is 5.32 Å². The van der Waals surface area contributed by atoms with E-state index in [4.69, 9.17) is 4.74 Å². The number of hydrogen-bond acceptors (Lipinski definition) is 2. The average Bonchev–Trinajstić information content (AvgIpc) is 2.35. The molecule has 1 aromatic carbocycles. The first-order chi connectivity index (χ1) is 8.45. The fourth-order valence-corrected chi connectivity index (χ4v) is 1.90. The molecule has 0 aliphatic heterocycles. The molecule has 0 saturated heterocycles. The molecule has 0 spiro atoms. The van der Waals surface area contributed by atoms with E-state index >= 15 is 0 Å². The van der Waals surface area contributed by atoms with Gasteiger partial charge in [0.2, 0.25) is 0 Å². The van der Waals surface area contributed by atoms with Gasteiger partial charge in [0, 0.05) is 11.6 Å². The maximum absolute atomic E-state index is 5.44. The summed E-state index contributed by atoms with van der Waals surface area (Å²) in [6, 6.07) is 6.66. The summed E-state index contributed by atoms with van der Waals surface area (Å²) in [6.45, 7) is 12.2. The molecule has 0 radical (unpaired) electrons. The Bertz CT molecular complexity index is 373. The third-order valence-corrected chi connectivity index (χ3v) is 3.74. The van der Waals surface area contributed by atoms with E-state index in [1.165, 1.54) is 11.1 Å². The molecule has 2 atom stereocenters. The lowest BCUT2D eigenvalue weighted by Gasteiger charge is -2.22. The van der Waals surface area contributed by atoms with Crippen LogP contribution in [-0.4, -0.2) is 13.7 Å². The minimum absolute atomic E-state index is 0.320. The van der Waals surface area contributed by atoms with Crippen LogP contribution in [0.2, 0.25) is 0 Å². The first-order valence-electron chi connectivity index (χ1n) is 6.83. The summed E-state index contributed by atoms with van der Waals surface area (Å²) >= 11 is 0. The molecule has 0 heterocycles. The Kier molecular flexibility index (Phi) is 5.67. The molecular weight excluding hydrogens is 222 g/mol. The molecule has 0 aromatic heterocycles. The van der Waals surface area contributed by atoms with E-state index in [1.54, 1.807) is 7.11 Å². The number of ether oxygens (including phenoxy) is 1. The van der Waals surface area contributed by atoms with Crippen LogP contribution in [0.5, 0.6) is 5.75 Å². The summed E-state index contributed by atoms with van der Waals surface area (Å²) in [5.41, 5.74) is 2.52. The van der Waals surface area contributed by atoms with Crippen LogP contribution in [0, 0.1) is 18.8 Å². The molecule has 0 bridgehead atoms. The van der Waals surface area contributed by atoms with E-state index in [0.717, 1.165) is 12.3 Å².